The van der Waals surface area contributed by atoms with Gasteiger partial charge in [-0.1, -0.05) is 23.2 Å². The summed E-state index contributed by atoms with van der Waals surface area (Å²) in [6, 6.07) is 1.10. The molecule has 0 unspecified atom stereocenters. The summed E-state index contributed by atoms with van der Waals surface area (Å²) < 4.78 is 19.9. The smallest absolute Gasteiger partial charge is 0.358 e. The van der Waals surface area contributed by atoms with Crippen molar-refractivity contribution >= 4 is 29.2 Å². The third kappa shape index (κ3) is 2.62. The average Bonchev–Trinajstić information content (AvgIpc) is 2.65. The highest BCUT2D eigenvalue weighted by Gasteiger charge is 2.25. The average molecular weight is 318 g/mol. The number of esters is 1. The summed E-state index contributed by atoms with van der Waals surface area (Å²) in [7, 11) is 1.51. The molecule has 2 rings (SSSR count). The molecule has 0 amide bonds. The van der Waals surface area contributed by atoms with Crippen LogP contribution in [0.2, 0.25) is 10.0 Å². The zero-order valence-electron chi connectivity index (χ0n) is 10.7. The maximum Gasteiger partial charge on any atom is 0.358 e. The third-order valence-electron chi connectivity index (χ3n) is 2.49. The van der Waals surface area contributed by atoms with Crippen LogP contribution >= 0.6 is 23.2 Å². The predicted molar refractivity (Wildman–Crippen MR) is 72.4 cm³/mol. The lowest BCUT2D eigenvalue weighted by molar-refractivity contribution is 0.0514. The van der Waals surface area contributed by atoms with E-state index in [0.717, 1.165) is 6.07 Å². The van der Waals surface area contributed by atoms with Gasteiger partial charge in [0.15, 0.2) is 11.5 Å². The molecule has 20 heavy (non-hydrogen) atoms. The van der Waals surface area contributed by atoms with Gasteiger partial charge in [0, 0.05) is 13.2 Å². The summed E-state index contributed by atoms with van der Waals surface area (Å²) in [4.78, 5) is 15.6. The van der Waals surface area contributed by atoms with Crippen molar-refractivity contribution < 1.29 is 13.9 Å². The Morgan fingerprint density at radius 2 is 2.15 bits per heavy atom. The molecular weight excluding hydrogens is 308 g/mol. The van der Waals surface area contributed by atoms with Crippen LogP contribution < -0.4 is 0 Å². The fourth-order valence-corrected chi connectivity index (χ4v) is 2.13. The van der Waals surface area contributed by atoms with Crippen molar-refractivity contribution in [2.24, 2.45) is 7.05 Å². The monoisotopic (exact) mass is 317 g/mol. The molecule has 0 spiro atoms. The molecule has 0 fully saturated rings. The minimum Gasteiger partial charge on any atom is -0.461 e. The van der Waals surface area contributed by atoms with Gasteiger partial charge < -0.3 is 4.74 Å². The van der Waals surface area contributed by atoms with Crippen LogP contribution in [0.5, 0.6) is 0 Å². The normalized spacial score (nSPS) is 10.7. The zero-order chi connectivity index (χ0) is 14.9. The summed E-state index contributed by atoms with van der Waals surface area (Å²) in [5.74, 6) is -1.30. The van der Waals surface area contributed by atoms with Gasteiger partial charge in [-0.2, -0.15) is 5.10 Å². The molecule has 0 aromatic carbocycles. The molecule has 0 radical (unpaired) electrons. The van der Waals surface area contributed by atoms with E-state index in [2.05, 4.69) is 10.1 Å². The number of rotatable bonds is 3. The van der Waals surface area contributed by atoms with Gasteiger partial charge in [0.05, 0.1) is 11.6 Å². The van der Waals surface area contributed by atoms with Gasteiger partial charge in [-0.05, 0) is 13.0 Å². The molecule has 2 aromatic heterocycles. The summed E-state index contributed by atoms with van der Waals surface area (Å²) in [5.41, 5.74) is 0.0246. The highest BCUT2D eigenvalue weighted by molar-refractivity contribution is 6.35. The van der Waals surface area contributed by atoms with Crippen molar-refractivity contribution in [3.63, 3.8) is 0 Å². The molecule has 0 saturated carbocycles. The van der Waals surface area contributed by atoms with Crippen molar-refractivity contribution in [1.82, 2.24) is 14.8 Å². The van der Waals surface area contributed by atoms with Gasteiger partial charge in [0.2, 0.25) is 0 Å². The minimum atomic E-state index is -0.673. The fraction of sp³-hybridized carbons (Fsp3) is 0.250. The molecular formula is C12H10Cl2FN3O2. The maximum absolute atomic E-state index is 13.8. The van der Waals surface area contributed by atoms with Crippen LogP contribution in [0.4, 0.5) is 4.39 Å². The predicted octanol–water partition coefficient (Wildman–Crippen LogP) is 3.10. The number of aromatic nitrogens is 3. The number of halogens is 3. The van der Waals surface area contributed by atoms with Crippen LogP contribution in [0.25, 0.3) is 11.4 Å². The highest BCUT2D eigenvalue weighted by Crippen LogP contribution is 2.31. The van der Waals surface area contributed by atoms with Crippen molar-refractivity contribution in [3.8, 4) is 11.4 Å². The first kappa shape index (κ1) is 14.7. The standard InChI is InChI=1S/C12H10Cl2FN3O2/c1-3-20-12(19)11-8(14)10(17-18(11)2)9-7(15)4-6(13)5-16-9/h4-5H,3H2,1-2H3. The van der Waals surface area contributed by atoms with Crippen LogP contribution in [0.1, 0.15) is 17.4 Å². The lowest BCUT2D eigenvalue weighted by atomic mass is 10.2. The fourth-order valence-electron chi connectivity index (χ4n) is 1.66. The van der Waals surface area contributed by atoms with Crippen molar-refractivity contribution in [2.75, 3.05) is 6.61 Å². The van der Waals surface area contributed by atoms with Crippen LogP contribution in [0, 0.1) is 5.82 Å². The Balaban J connectivity index is 2.54. The Morgan fingerprint density at radius 1 is 1.45 bits per heavy atom. The van der Waals surface area contributed by atoms with E-state index >= 15 is 0 Å². The number of hydrogen-bond acceptors (Lipinski definition) is 4. The summed E-state index contributed by atoms with van der Waals surface area (Å²) >= 11 is 11.7. The van der Waals surface area contributed by atoms with E-state index in [1.54, 1.807) is 6.92 Å². The second-order valence-electron chi connectivity index (χ2n) is 3.84. The van der Waals surface area contributed by atoms with E-state index in [1.807, 2.05) is 0 Å². The van der Waals surface area contributed by atoms with Gasteiger partial charge in [-0.15, -0.1) is 0 Å². The van der Waals surface area contributed by atoms with Gasteiger partial charge in [0.25, 0.3) is 0 Å². The highest BCUT2D eigenvalue weighted by atomic mass is 35.5. The first-order valence-corrected chi connectivity index (χ1v) is 6.42. The molecule has 0 atom stereocenters. The first-order chi connectivity index (χ1) is 9.45. The number of nitrogens with zero attached hydrogens (tertiary/aromatic N) is 3. The molecule has 0 aliphatic rings. The maximum atomic E-state index is 13.8. The molecule has 2 heterocycles. The molecule has 0 saturated heterocycles. The lowest BCUT2D eigenvalue weighted by Crippen LogP contribution is -2.10. The summed E-state index contributed by atoms with van der Waals surface area (Å²) in [6.07, 6.45) is 1.27. The second kappa shape index (κ2) is 5.76. The summed E-state index contributed by atoms with van der Waals surface area (Å²) in [5, 5.41) is 4.15. The van der Waals surface area contributed by atoms with Crippen molar-refractivity contribution in [2.45, 2.75) is 6.92 Å². The summed E-state index contributed by atoms with van der Waals surface area (Å²) in [6.45, 7) is 1.87. The van der Waals surface area contributed by atoms with Gasteiger partial charge in [-0.3, -0.25) is 4.68 Å². The number of pyridine rings is 1. The van der Waals surface area contributed by atoms with E-state index < -0.39 is 11.8 Å². The molecule has 0 aliphatic carbocycles. The van der Waals surface area contributed by atoms with Crippen LogP contribution in [0.15, 0.2) is 12.3 Å². The molecule has 5 nitrogen and oxygen atoms in total. The number of aryl methyl sites for hydroxylation is 1. The van der Waals surface area contributed by atoms with E-state index in [-0.39, 0.29) is 33.7 Å². The quantitative estimate of drug-likeness (QED) is 0.816. The number of ether oxygens (including phenoxy) is 1. The second-order valence-corrected chi connectivity index (χ2v) is 4.65. The largest absolute Gasteiger partial charge is 0.461 e. The number of carbonyl (C=O) groups excluding carboxylic acids is 1. The molecule has 106 valence electrons. The Hall–Kier alpha value is -1.66. The topological polar surface area (TPSA) is 57.0 Å². The van der Waals surface area contributed by atoms with E-state index in [9.17, 15) is 9.18 Å². The van der Waals surface area contributed by atoms with E-state index in [4.69, 9.17) is 27.9 Å². The lowest BCUT2D eigenvalue weighted by Gasteiger charge is -2.01. The zero-order valence-corrected chi connectivity index (χ0v) is 12.2. The van der Waals surface area contributed by atoms with Crippen molar-refractivity contribution in [3.05, 3.63) is 33.8 Å². The molecule has 2 aromatic rings. The number of hydrogen-bond donors (Lipinski definition) is 0. The number of carbonyl (C=O) groups is 1. The Kier molecular flexibility index (Phi) is 4.25. The molecule has 0 bridgehead atoms. The van der Waals surface area contributed by atoms with Crippen LogP contribution in [-0.2, 0) is 11.8 Å². The van der Waals surface area contributed by atoms with Gasteiger partial charge in [-0.25, -0.2) is 14.2 Å². The van der Waals surface area contributed by atoms with E-state index in [1.165, 1.54) is 17.9 Å². The van der Waals surface area contributed by atoms with Crippen molar-refractivity contribution in [1.29, 1.82) is 0 Å². The SMILES string of the molecule is CCOC(=O)c1c(Cl)c(-c2ncc(Cl)cc2F)nn1C. The Bertz CT molecular complexity index is 673. The first-order valence-electron chi connectivity index (χ1n) is 5.66. The minimum absolute atomic E-state index is 0.0142. The molecule has 8 heteroatoms. The molecule has 0 aliphatic heterocycles. The Morgan fingerprint density at radius 3 is 2.75 bits per heavy atom. The third-order valence-corrected chi connectivity index (χ3v) is 3.06. The van der Waals surface area contributed by atoms with Crippen LogP contribution in [-0.4, -0.2) is 27.3 Å². The molecule has 0 N–H and O–H groups in total. The van der Waals surface area contributed by atoms with Crippen LogP contribution in [0.3, 0.4) is 0 Å². The Labute approximate surface area is 124 Å². The van der Waals surface area contributed by atoms with Gasteiger partial charge in [0.1, 0.15) is 16.4 Å². The van der Waals surface area contributed by atoms with E-state index in [0.29, 0.717) is 0 Å². The van der Waals surface area contributed by atoms with Gasteiger partial charge >= 0.3 is 5.97 Å².